The van der Waals surface area contributed by atoms with E-state index in [-0.39, 0.29) is 18.1 Å². The average molecular weight is 221 g/mol. The summed E-state index contributed by atoms with van der Waals surface area (Å²) >= 11 is 0. The van der Waals surface area contributed by atoms with Gasteiger partial charge in [-0.15, -0.1) is 0 Å². The van der Waals surface area contributed by atoms with Gasteiger partial charge in [-0.2, -0.15) is 5.26 Å². The van der Waals surface area contributed by atoms with E-state index >= 15 is 0 Å². The summed E-state index contributed by atoms with van der Waals surface area (Å²) in [6, 6.07) is 5.74. The summed E-state index contributed by atoms with van der Waals surface area (Å²) in [7, 11) is 3.24. The zero-order valence-electron chi connectivity index (χ0n) is 9.12. The summed E-state index contributed by atoms with van der Waals surface area (Å²) in [5, 5.41) is 11.1. The monoisotopic (exact) mass is 221 g/mol. The van der Waals surface area contributed by atoms with Crippen LogP contribution in [-0.2, 0) is 6.54 Å². The number of hydrogen-bond acceptors (Lipinski definition) is 2. The van der Waals surface area contributed by atoms with Crippen molar-refractivity contribution in [1.82, 2.24) is 10.2 Å². The van der Waals surface area contributed by atoms with Gasteiger partial charge in [-0.25, -0.2) is 9.18 Å². The molecule has 0 spiro atoms. The molecule has 1 rings (SSSR count). The van der Waals surface area contributed by atoms with Gasteiger partial charge in [0.25, 0.3) is 0 Å². The highest BCUT2D eigenvalue weighted by Crippen LogP contribution is 2.09. The lowest BCUT2D eigenvalue weighted by Crippen LogP contribution is -2.33. The molecule has 16 heavy (non-hydrogen) atoms. The van der Waals surface area contributed by atoms with Crippen molar-refractivity contribution in [2.45, 2.75) is 6.54 Å². The number of carbonyl (C=O) groups excluding carboxylic acids is 1. The molecule has 1 N–H and O–H groups in total. The summed E-state index contributed by atoms with van der Waals surface area (Å²) in [4.78, 5) is 12.6. The fraction of sp³-hybridized carbons (Fsp3) is 0.273. The van der Waals surface area contributed by atoms with E-state index in [9.17, 15) is 9.18 Å². The van der Waals surface area contributed by atoms with Crippen molar-refractivity contribution in [1.29, 1.82) is 5.26 Å². The summed E-state index contributed by atoms with van der Waals surface area (Å²) in [5.41, 5.74) is 0.620. The summed E-state index contributed by atoms with van der Waals surface area (Å²) in [6.07, 6.45) is 0. The first kappa shape index (κ1) is 12.0. The lowest BCUT2D eigenvalue weighted by molar-refractivity contribution is 0.217. The van der Waals surface area contributed by atoms with Gasteiger partial charge in [0.05, 0.1) is 5.56 Å². The number of carbonyl (C=O) groups is 1. The van der Waals surface area contributed by atoms with E-state index in [1.165, 1.54) is 17.0 Å². The van der Waals surface area contributed by atoms with E-state index < -0.39 is 5.82 Å². The van der Waals surface area contributed by atoms with Gasteiger partial charge in [-0.1, -0.05) is 6.07 Å². The standard InChI is InChI=1S/C11H12FN3O/c1-15(2)11(16)14-7-8-3-4-9(6-13)10(12)5-8/h3-5H,7H2,1-2H3,(H,14,16). The molecule has 0 saturated carbocycles. The maximum Gasteiger partial charge on any atom is 0.317 e. The van der Waals surface area contributed by atoms with Crippen molar-refractivity contribution in [2.75, 3.05) is 14.1 Å². The Bertz CT molecular complexity index is 437. The highest BCUT2D eigenvalue weighted by atomic mass is 19.1. The first-order chi connectivity index (χ1) is 7.54. The normalized spacial score (nSPS) is 9.38. The van der Waals surface area contributed by atoms with Crippen molar-refractivity contribution < 1.29 is 9.18 Å². The molecule has 2 amide bonds. The molecule has 0 aliphatic heterocycles. The summed E-state index contributed by atoms with van der Waals surface area (Å²) < 4.78 is 13.2. The van der Waals surface area contributed by atoms with Crippen molar-refractivity contribution in [2.24, 2.45) is 0 Å². The molecule has 0 heterocycles. The van der Waals surface area contributed by atoms with Crippen LogP contribution in [0.3, 0.4) is 0 Å². The van der Waals surface area contributed by atoms with Crippen LogP contribution in [0, 0.1) is 17.1 Å². The second-order valence-corrected chi connectivity index (χ2v) is 3.48. The molecule has 0 fully saturated rings. The van der Waals surface area contributed by atoms with Crippen LogP contribution in [0.1, 0.15) is 11.1 Å². The Morgan fingerprint density at radius 1 is 1.56 bits per heavy atom. The highest BCUT2D eigenvalue weighted by molar-refractivity contribution is 5.73. The topological polar surface area (TPSA) is 56.1 Å². The van der Waals surface area contributed by atoms with Gasteiger partial charge in [-0.3, -0.25) is 0 Å². The van der Waals surface area contributed by atoms with Crippen LogP contribution in [0.15, 0.2) is 18.2 Å². The van der Waals surface area contributed by atoms with Crippen LogP contribution >= 0.6 is 0 Å². The Labute approximate surface area is 93.3 Å². The highest BCUT2D eigenvalue weighted by Gasteiger charge is 2.05. The Kier molecular flexibility index (Phi) is 3.84. The SMILES string of the molecule is CN(C)C(=O)NCc1ccc(C#N)c(F)c1. The van der Waals surface area contributed by atoms with E-state index in [0.29, 0.717) is 5.56 Å². The van der Waals surface area contributed by atoms with E-state index in [4.69, 9.17) is 5.26 Å². The lowest BCUT2D eigenvalue weighted by Gasteiger charge is -2.11. The number of hydrogen-bond donors (Lipinski definition) is 1. The Hall–Kier alpha value is -2.09. The predicted octanol–water partition coefficient (Wildman–Crippen LogP) is 1.47. The largest absolute Gasteiger partial charge is 0.334 e. The van der Waals surface area contributed by atoms with E-state index in [1.807, 2.05) is 0 Å². The molecule has 4 nitrogen and oxygen atoms in total. The van der Waals surface area contributed by atoms with E-state index in [1.54, 1.807) is 26.2 Å². The van der Waals surface area contributed by atoms with Crippen LogP contribution in [0.5, 0.6) is 0 Å². The minimum atomic E-state index is -0.570. The molecule has 5 heteroatoms. The molecule has 0 aliphatic rings. The molecule has 84 valence electrons. The fourth-order valence-corrected chi connectivity index (χ4v) is 1.10. The van der Waals surface area contributed by atoms with Crippen LogP contribution in [0.4, 0.5) is 9.18 Å². The van der Waals surface area contributed by atoms with Gasteiger partial charge in [0.1, 0.15) is 11.9 Å². The second-order valence-electron chi connectivity index (χ2n) is 3.48. The minimum Gasteiger partial charge on any atom is -0.334 e. The second kappa shape index (κ2) is 5.12. The van der Waals surface area contributed by atoms with Gasteiger partial charge < -0.3 is 10.2 Å². The Morgan fingerprint density at radius 2 is 2.25 bits per heavy atom. The molecule has 0 saturated heterocycles. The van der Waals surface area contributed by atoms with E-state index in [0.717, 1.165) is 0 Å². The predicted molar refractivity (Wildman–Crippen MR) is 57.0 cm³/mol. The van der Waals surface area contributed by atoms with Crippen LogP contribution in [0.2, 0.25) is 0 Å². The number of urea groups is 1. The minimum absolute atomic E-state index is 0.00249. The maximum absolute atomic E-state index is 13.2. The Morgan fingerprint density at radius 3 is 2.75 bits per heavy atom. The third-order valence-corrected chi connectivity index (χ3v) is 2.00. The molecule has 0 radical (unpaired) electrons. The van der Waals surface area contributed by atoms with Gasteiger partial charge in [0.2, 0.25) is 0 Å². The van der Waals surface area contributed by atoms with Gasteiger partial charge >= 0.3 is 6.03 Å². The maximum atomic E-state index is 13.2. The van der Waals surface area contributed by atoms with Crippen molar-refractivity contribution in [3.63, 3.8) is 0 Å². The number of amides is 2. The van der Waals surface area contributed by atoms with Gasteiger partial charge in [0, 0.05) is 20.6 Å². The number of nitrogens with one attached hydrogen (secondary N) is 1. The molecule has 0 aromatic heterocycles. The number of nitriles is 1. The molecule has 0 unspecified atom stereocenters. The van der Waals surface area contributed by atoms with Crippen LogP contribution in [0.25, 0.3) is 0 Å². The lowest BCUT2D eigenvalue weighted by atomic mass is 10.1. The van der Waals surface area contributed by atoms with Crippen molar-refractivity contribution in [3.05, 3.63) is 35.1 Å². The molecular weight excluding hydrogens is 209 g/mol. The number of rotatable bonds is 2. The van der Waals surface area contributed by atoms with Gasteiger partial charge in [0.15, 0.2) is 0 Å². The van der Waals surface area contributed by atoms with Crippen LogP contribution in [-0.4, -0.2) is 25.0 Å². The first-order valence-corrected chi connectivity index (χ1v) is 4.68. The molecule has 0 atom stereocenters. The zero-order chi connectivity index (χ0) is 12.1. The molecule has 1 aromatic rings. The molecular formula is C11H12FN3O. The average Bonchev–Trinajstić information content (AvgIpc) is 2.25. The summed E-state index contributed by atoms with van der Waals surface area (Å²) in [6.45, 7) is 0.236. The third-order valence-electron chi connectivity index (χ3n) is 2.00. The molecule has 0 bridgehead atoms. The first-order valence-electron chi connectivity index (χ1n) is 4.68. The van der Waals surface area contributed by atoms with Crippen molar-refractivity contribution in [3.8, 4) is 6.07 Å². The van der Waals surface area contributed by atoms with Crippen LogP contribution < -0.4 is 5.32 Å². The quantitative estimate of drug-likeness (QED) is 0.822. The zero-order valence-corrected chi connectivity index (χ0v) is 9.12. The number of benzene rings is 1. The van der Waals surface area contributed by atoms with E-state index in [2.05, 4.69) is 5.32 Å². The fourth-order valence-electron chi connectivity index (χ4n) is 1.10. The number of halogens is 1. The summed E-state index contributed by atoms with van der Waals surface area (Å²) in [5.74, 6) is -0.570. The molecule has 1 aromatic carbocycles. The molecule has 0 aliphatic carbocycles. The van der Waals surface area contributed by atoms with Gasteiger partial charge in [-0.05, 0) is 17.7 Å². The number of nitrogens with zero attached hydrogens (tertiary/aromatic N) is 2. The Balaban J connectivity index is 2.66. The van der Waals surface area contributed by atoms with Crippen molar-refractivity contribution >= 4 is 6.03 Å². The third kappa shape index (κ3) is 2.95. The smallest absolute Gasteiger partial charge is 0.317 e.